The van der Waals surface area contributed by atoms with Gasteiger partial charge in [-0.1, -0.05) is 31.2 Å². The number of anilines is 1. The summed E-state index contributed by atoms with van der Waals surface area (Å²) in [4.78, 5) is 14.2. The molecule has 0 atom stereocenters. The van der Waals surface area contributed by atoms with E-state index in [0.717, 1.165) is 17.7 Å². The Morgan fingerprint density at radius 3 is 2.81 bits per heavy atom. The molecule has 1 N–H and O–H groups in total. The van der Waals surface area contributed by atoms with E-state index in [4.69, 9.17) is 4.74 Å². The van der Waals surface area contributed by atoms with Gasteiger partial charge in [0, 0.05) is 23.7 Å². The number of aromatic hydroxyl groups is 1. The summed E-state index contributed by atoms with van der Waals surface area (Å²) >= 11 is 0. The van der Waals surface area contributed by atoms with Gasteiger partial charge in [-0.3, -0.25) is 4.79 Å². The summed E-state index contributed by atoms with van der Waals surface area (Å²) in [7, 11) is 0. The number of carbonyl (C=O) groups excluding carboxylic acids is 1. The lowest BCUT2D eigenvalue weighted by Gasteiger charge is -2.13. The number of amides is 1. The van der Waals surface area contributed by atoms with Gasteiger partial charge in [0.25, 0.3) is 5.91 Å². The van der Waals surface area contributed by atoms with Crippen molar-refractivity contribution in [2.24, 2.45) is 10.2 Å². The Bertz CT molecular complexity index is 919. The fraction of sp³-hybridized carbons (Fsp3) is 0.190. The summed E-state index contributed by atoms with van der Waals surface area (Å²) < 4.78 is 5.47. The normalized spacial score (nSPS) is 14.8. The number of carbonyl (C=O) groups is 1. The summed E-state index contributed by atoms with van der Waals surface area (Å²) in [5.74, 6) is 0.414. The third kappa shape index (κ3) is 3.89. The van der Waals surface area contributed by atoms with Crippen LogP contribution in [0.25, 0.3) is 0 Å². The minimum absolute atomic E-state index is 0.0407. The van der Waals surface area contributed by atoms with Crippen molar-refractivity contribution in [2.45, 2.75) is 13.3 Å². The zero-order chi connectivity index (χ0) is 19.2. The highest BCUT2D eigenvalue weighted by atomic mass is 16.5. The Kier molecular flexibility index (Phi) is 5.66. The standard InChI is InChI=1S/C21H21N3O3/c1-3-11-24-18-8-6-5-7-17(18)20(21(24)26)23-22-14-15-9-10-16(13-19(15)25)27-12-4-2/h3,5-10,13-14,25H,1,4,11-12H2,2H3/b22-14+,23-20-. The van der Waals surface area contributed by atoms with Crippen molar-refractivity contribution >= 4 is 23.5 Å². The Labute approximate surface area is 158 Å². The lowest BCUT2D eigenvalue weighted by atomic mass is 10.1. The number of phenolic OH excluding ortho intramolecular Hbond substituents is 1. The van der Waals surface area contributed by atoms with Gasteiger partial charge in [0.1, 0.15) is 11.5 Å². The zero-order valence-electron chi connectivity index (χ0n) is 15.1. The van der Waals surface area contributed by atoms with Crippen molar-refractivity contribution < 1.29 is 14.6 Å². The number of hydrogen-bond donors (Lipinski definition) is 1. The van der Waals surface area contributed by atoms with Crippen LogP contribution in [-0.2, 0) is 4.79 Å². The maximum atomic E-state index is 12.6. The summed E-state index contributed by atoms with van der Waals surface area (Å²) in [5.41, 5.74) is 2.28. The molecule has 6 heteroatoms. The van der Waals surface area contributed by atoms with E-state index in [1.54, 1.807) is 23.1 Å². The lowest BCUT2D eigenvalue weighted by Crippen LogP contribution is -2.30. The molecule has 1 aliphatic rings. The molecule has 0 saturated heterocycles. The minimum Gasteiger partial charge on any atom is -0.507 e. The summed E-state index contributed by atoms with van der Waals surface area (Å²) in [6, 6.07) is 12.4. The van der Waals surface area contributed by atoms with E-state index in [0.29, 0.717) is 24.5 Å². The molecule has 1 amide bonds. The molecular formula is C21H21N3O3. The van der Waals surface area contributed by atoms with Gasteiger partial charge < -0.3 is 14.7 Å². The SMILES string of the molecule is C=CCN1C(=O)/C(=N\N=C\c2ccc(OCCC)cc2O)c2ccccc21. The molecule has 0 spiro atoms. The molecule has 0 radical (unpaired) electrons. The second kappa shape index (κ2) is 8.31. The molecule has 2 aromatic carbocycles. The highest BCUT2D eigenvalue weighted by Crippen LogP contribution is 2.29. The molecule has 0 aliphatic carbocycles. The first-order valence-electron chi connectivity index (χ1n) is 8.74. The number of phenols is 1. The highest BCUT2D eigenvalue weighted by Gasteiger charge is 2.32. The fourth-order valence-corrected chi connectivity index (χ4v) is 2.76. The predicted octanol–water partition coefficient (Wildman–Crippen LogP) is 3.54. The van der Waals surface area contributed by atoms with Crippen LogP contribution in [0.15, 0.2) is 65.3 Å². The first-order valence-corrected chi connectivity index (χ1v) is 8.74. The van der Waals surface area contributed by atoms with Gasteiger partial charge >= 0.3 is 0 Å². The molecule has 138 valence electrons. The third-order valence-corrected chi connectivity index (χ3v) is 4.04. The van der Waals surface area contributed by atoms with Crippen molar-refractivity contribution in [2.75, 3.05) is 18.1 Å². The number of fused-ring (bicyclic) bond motifs is 1. The van der Waals surface area contributed by atoms with E-state index in [2.05, 4.69) is 16.8 Å². The van der Waals surface area contributed by atoms with Crippen LogP contribution in [0.4, 0.5) is 5.69 Å². The van der Waals surface area contributed by atoms with E-state index >= 15 is 0 Å². The van der Waals surface area contributed by atoms with Crippen molar-refractivity contribution in [3.05, 3.63) is 66.2 Å². The molecular weight excluding hydrogens is 342 g/mol. The van der Waals surface area contributed by atoms with Crippen LogP contribution in [0.1, 0.15) is 24.5 Å². The molecule has 1 heterocycles. The topological polar surface area (TPSA) is 74.5 Å². The second-order valence-corrected chi connectivity index (χ2v) is 5.98. The van der Waals surface area contributed by atoms with E-state index in [1.165, 1.54) is 12.3 Å². The van der Waals surface area contributed by atoms with Crippen molar-refractivity contribution in [3.63, 3.8) is 0 Å². The van der Waals surface area contributed by atoms with Crippen molar-refractivity contribution in [3.8, 4) is 11.5 Å². The minimum atomic E-state index is -0.221. The van der Waals surface area contributed by atoms with Crippen LogP contribution in [0.5, 0.6) is 11.5 Å². The fourth-order valence-electron chi connectivity index (χ4n) is 2.76. The Morgan fingerprint density at radius 1 is 1.26 bits per heavy atom. The van der Waals surface area contributed by atoms with Gasteiger partial charge in [-0.15, -0.1) is 11.7 Å². The van der Waals surface area contributed by atoms with E-state index < -0.39 is 0 Å². The van der Waals surface area contributed by atoms with Crippen LogP contribution in [-0.4, -0.2) is 36.1 Å². The van der Waals surface area contributed by atoms with Gasteiger partial charge in [-0.2, -0.15) is 5.10 Å². The number of rotatable bonds is 7. The molecule has 2 aromatic rings. The molecule has 0 aromatic heterocycles. The zero-order valence-corrected chi connectivity index (χ0v) is 15.1. The molecule has 0 bridgehead atoms. The largest absolute Gasteiger partial charge is 0.507 e. The number of ether oxygens (including phenoxy) is 1. The maximum Gasteiger partial charge on any atom is 0.279 e. The Balaban J connectivity index is 1.83. The van der Waals surface area contributed by atoms with Gasteiger partial charge in [0.2, 0.25) is 0 Å². The molecule has 1 aliphatic heterocycles. The van der Waals surface area contributed by atoms with Gasteiger partial charge in [0.15, 0.2) is 5.71 Å². The molecule has 6 nitrogen and oxygen atoms in total. The van der Waals surface area contributed by atoms with Crippen LogP contribution in [0.3, 0.4) is 0 Å². The van der Waals surface area contributed by atoms with E-state index in [1.807, 2.05) is 31.2 Å². The van der Waals surface area contributed by atoms with Crippen molar-refractivity contribution in [1.82, 2.24) is 0 Å². The average Bonchev–Trinajstić information content (AvgIpc) is 2.94. The lowest BCUT2D eigenvalue weighted by molar-refractivity contribution is -0.112. The molecule has 0 saturated carbocycles. The first-order chi connectivity index (χ1) is 13.2. The number of benzene rings is 2. The summed E-state index contributed by atoms with van der Waals surface area (Å²) in [6.45, 7) is 6.69. The van der Waals surface area contributed by atoms with Crippen molar-refractivity contribution in [1.29, 1.82) is 0 Å². The monoisotopic (exact) mass is 363 g/mol. The van der Waals surface area contributed by atoms with Crippen LogP contribution in [0, 0.1) is 0 Å². The van der Waals surface area contributed by atoms with E-state index in [-0.39, 0.29) is 17.4 Å². The van der Waals surface area contributed by atoms with Crippen LogP contribution in [0.2, 0.25) is 0 Å². The average molecular weight is 363 g/mol. The third-order valence-electron chi connectivity index (χ3n) is 4.04. The maximum absolute atomic E-state index is 12.6. The summed E-state index contributed by atoms with van der Waals surface area (Å²) in [6.07, 6.45) is 3.97. The number of para-hydroxylation sites is 1. The number of nitrogens with zero attached hydrogens (tertiary/aromatic N) is 3. The van der Waals surface area contributed by atoms with Gasteiger partial charge in [-0.05, 0) is 24.6 Å². The van der Waals surface area contributed by atoms with Crippen LogP contribution >= 0.6 is 0 Å². The molecule has 0 unspecified atom stereocenters. The molecule has 0 fully saturated rings. The van der Waals surface area contributed by atoms with Gasteiger partial charge in [0.05, 0.1) is 18.5 Å². The number of hydrogen-bond acceptors (Lipinski definition) is 5. The predicted molar refractivity (Wildman–Crippen MR) is 107 cm³/mol. The van der Waals surface area contributed by atoms with Gasteiger partial charge in [-0.25, -0.2) is 0 Å². The Morgan fingerprint density at radius 2 is 2.07 bits per heavy atom. The van der Waals surface area contributed by atoms with Crippen LogP contribution < -0.4 is 9.64 Å². The molecule has 3 rings (SSSR count). The summed E-state index contributed by atoms with van der Waals surface area (Å²) in [5, 5.41) is 18.2. The quantitative estimate of drug-likeness (QED) is 0.464. The highest BCUT2D eigenvalue weighted by molar-refractivity contribution is 6.54. The smallest absolute Gasteiger partial charge is 0.279 e. The first kappa shape index (κ1) is 18.4. The second-order valence-electron chi connectivity index (χ2n) is 5.98. The van der Waals surface area contributed by atoms with E-state index in [9.17, 15) is 9.90 Å². The molecule has 27 heavy (non-hydrogen) atoms. The Hall–Kier alpha value is -3.41.